The SMILES string of the molecule is CSCCC(NC(=O)C(CC(C)C)NC(=O)CNC(=O)C(N)CS)C(=O)O. The van der Waals surface area contributed by atoms with Gasteiger partial charge in [-0.05, 0) is 30.8 Å². The van der Waals surface area contributed by atoms with Gasteiger partial charge in [-0.25, -0.2) is 4.79 Å². The predicted octanol–water partition coefficient (Wildman–Crippen LogP) is -0.787. The average Bonchev–Trinajstić information content (AvgIpc) is 2.60. The van der Waals surface area contributed by atoms with Gasteiger partial charge < -0.3 is 26.8 Å². The molecule has 0 aromatic carbocycles. The number of rotatable bonds is 13. The molecule has 0 radical (unpaired) electrons. The number of carbonyl (C=O) groups is 4. The van der Waals surface area contributed by atoms with E-state index in [1.54, 1.807) is 0 Å². The number of aliphatic carboxylic acids is 1. The van der Waals surface area contributed by atoms with Crippen molar-refractivity contribution >= 4 is 48.1 Å². The number of nitrogens with one attached hydrogen (secondary N) is 3. The maximum atomic E-state index is 12.5. The van der Waals surface area contributed by atoms with Crippen molar-refractivity contribution in [2.75, 3.05) is 24.3 Å². The molecule has 6 N–H and O–H groups in total. The van der Waals surface area contributed by atoms with Crippen LogP contribution < -0.4 is 21.7 Å². The second-order valence-electron chi connectivity index (χ2n) is 6.44. The smallest absolute Gasteiger partial charge is 0.326 e. The van der Waals surface area contributed by atoms with Gasteiger partial charge in [0.15, 0.2) is 0 Å². The van der Waals surface area contributed by atoms with Gasteiger partial charge in [0, 0.05) is 5.75 Å². The van der Waals surface area contributed by atoms with Gasteiger partial charge in [0.05, 0.1) is 12.6 Å². The maximum absolute atomic E-state index is 12.5. The first kappa shape index (κ1) is 25.5. The number of thiol groups is 1. The highest BCUT2D eigenvalue weighted by Gasteiger charge is 2.27. The summed E-state index contributed by atoms with van der Waals surface area (Å²) in [4.78, 5) is 47.4. The Morgan fingerprint density at radius 3 is 2.22 bits per heavy atom. The Bertz CT molecular complexity index is 519. The standard InChI is InChI=1S/C16H30N4O5S2/c1-9(2)6-12(15(23)20-11(16(24)25)4-5-27-3)19-13(21)7-18-14(22)10(17)8-26/h9-12,26H,4-8,17H2,1-3H3,(H,18,22)(H,19,21)(H,20,23)(H,24,25). The fraction of sp³-hybridized carbons (Fsp3) is 0.750. The number of hydrogen-bond acceptors (Lipinski definition) is 7. The third-order valence-electron chi connectivity index (χ3n) is 3.54. The lowest BCUT2D eigenvalue weighted by Gasteiger charge is -2.23. The molecular weight excluding hydrogens is 392 g/mol. The van der Waals surface area contributed by atoms with Crippen molar-refractivity contribution in [3.8, 4) is 0 Å². The van der Waals surface area contributed by atoms with E-state index in [0.717, 1.165) is 0 Å². The van der Waals surface area contributed by atoms with Crippen LogP contribution in [0, 0.1) is 5.92 Å². The van der Waals surface area contributed by atoms with Crippen LogP contribution in [0.1, 0.15) is 26.7 Å². The quantitative estimate of drug-likeness (QED) is 0.213. The molecule has 0 saturated heterocycles. The number of amides is 3. The summed E-state index contributed by atoms with van der Waals surface area (Å²) in [6, 6.07) is -2.75. The van der Waals surface area contributed by atoms with Gasteiger partial charge in [0.1, 0.15) is 12.1 Å². The summed E-state index contributed by atoms with van der Waals surface area (Å²) in [5.41, 5.74) is 5.50. The van der Waals surface area contributed by atoms with Gasteiger partial charge in [0.2, 0.25) is 17.7 Å². The van der Waals surface area contributed by atoms with E-state index >= 15 is 0 Å². The molecule has 3 unspecified atom stereocenters. The largest absolute Gasteiger partial charge is 0.480 e. The average molecular weight is 423 g/mol. The van der Waals surface area contributed by atoms with Crippen molar-refractivity contribution in [3.63, 3.8) is 0 Å². The Morgan fingerprint density at radius 2 is 1.74 bits per heavy atom. The molecular formula is C16H30N4O5S2. The van der Waals surface area contributed by atoms with Crippen LogP contribution in [-0.4, -0.2) is 71.2 Å². The van der Waals surface area contributed by atoms with Gasteiger partial charge in [0.25, 0.3) is 0 Å². The number of hydrogen-bond donors (Lipinski definition) is 6. The molecule has 0 heterocycles. The highest BCUT2D eigenvalue weighted by molar-refractivity contribution is 7.98. The molecule has 0 aliphatic carbocycles. The lowest BCUT2D eigenvalue weighted by molar-refractivity contribution is -0.142. The number of carboxylic acids is 1. The minimum Gasteiger partial charge on any atom is -0.480 e. The van der Waals surface area contributed by atoms with E-state index in [1.165, 1.54) is 11.8 Å². The molecule has 0 spiro atoms. The summed E-state index contributed by atoms with van der Waals surface area (Å²) >= 11 is 5.38. The zero-order valence-electron chi connectivity index (χ0n) is 15.9. The van der Waals surface area contributed by atoms with Crippen molar-refractivity contribution in [2.24, 2.45) is 11.7 Å². The monoisotopic (exact) mass is 422 g/mol. The Hall–Kier alpha value is -1.46. The highest BCUT2D eigenvalue weighted by atomic mass is 32.2. The zero-order valence-corrected chi connectivity index (χ0v) is 17.6. The first-order chi connectivity index (χ1) is 12.6. The van der Waals surface area contributed by atoms with Gasteiger partial charge >= 0.3 is 5.97 Å². The van der Waals surface area contributed by atoms with Crippen molar-refractivity contribution < 1.29 is 24.3 Å². The zero-order chi connectivity index (χ0) is 21.0. The second-order valence-corrected chi connectivity index (χ2v) is 7.79. The van der Waals surface area contributed by atoms with E-state index in [1.807, 2.05) is 20.1 Å². The fourth-order valence-electron chi connectivity index (χ4n) is 2.10. The normalized spacial score (nSPS) is 14.1. The second kappa shape index (κ2) is 13.7. The summed E-state index contributed by atoms with van der Waals surface area (Å²) in [5.74, 6) is -1.97. The van der Waals surface area contributed by atoms with Gasteiger partial charge in [-0.2, -0.15) is 24.4 Å². The van der Waals surface area contributed by atoms with Crippen molar-refractivity contribution in [2.45, 2.75) is 44.8 Å². The van der Waals surface area contributed by atoms with E-state index in [0.29, 0.717) is 12.2 Å². The van der Waals surface area contributed by atoms with Crippen LogP contribution in [-0.2, 0) is 19.2 Å². The minimum absolute atomic E-state index is 0.0859. The van der Waals surface area contributed by atoms with Crippen LogP contribution >= 0.6 is 24.4 Å². The minimum atomic E-state index is -1.12. The molecule has 0 bridgehead atoms. The topological polar surface area (TPSA) is 151 Å². The number of carboxylic acid groups (broad SMARTS) is 1. The summed E-state index contributed by atoms with van der Waals surface area (Å²) in [6.07, 6.45) is 2.45. The Kier molecular flexibility index (Phi) is 12.9. The number of nitrogens with two attached hydrogens (primary N) is 1. The molecule has 3 atom stereocenters. The summed E-state index contributed by atoms with van der Waals surface area (Å²) in [7, 11) is 0. The lowest BCUT2D eigenvalue weighted by Crippen LogP contribution is -2.54. The van der Waals surface area contributed by atoms with E-state index < -0.39 is 41.8 Å². The van der Waals surface area contributed by atoms with E-state index in [-0.39, 0.29) is 24.6 Å². The number of carbonyl (C=O) groups excluding carboxylic acids is 3. The van der Waals surface area contributed by atoms with Crippen molar-refractivity contribution in [1.29, 1.82) is 0 Å². The molecule has 27 heavy (non-hydrogen) atoms. The summed E-state index contributed by atoms with van der Waals surface area (Å²) < 4.78 is 0. The molecule has 0 saturated carbocycles. The van der Waals surface area contributed by atoms with Crippen LogP contribution in [0.4, 0.5) is 0 Å². The highest BCUT2D eigenvalue weighted by Crippen LogP contribution is 2.07. The van der Waals surface area contributed by atoms with Gasteiger partial charge in [-0.3, -0.25) is 14.4 Å². The molecule has 11 heteroatoms. The lowest BCUT2D eigenvalue weighted by atomic mass is 10.0. The predicted molar refractivity (Wildman–Crippen MR) is 109 cm³/mol. The molecule has 0 aliphatic rings. The molecule has 0 rings (SSSR count). The van der Waals surface area contributed by atoms with Crippen LogP contribution in [0.3, 0.4) is 0 Å². The molecule has 156 valence electrons. The molecule has 0 aromatic rings. The Labute approximate surface area is 169 Å². The van der Waals surface area contributed by atoms with Crippen LogP contribution in [0.2, 0.25) is 0 Å². The van der Waals surface area contributed by atoms with E-state index in [4.69, 9.17) is 5.73 Å². The van der Waals surface area contributed by atoms with Crippen LogP contribution in [0.25, 0.3) is 0 Å². The molecule has 0 aromatic heterocycles. The Balaban J connectivity index is 4.84. The molecule has 0 fully saturated rings. The fourth-order valence-corrected chi connectivity index (χ4v) is 2.73. The summed E-state index contributed by atoms with van der Waals surface area (Å²) in [6.45, 7) is 3.42. The first-order valence-electron chi connectivity index (χ1n) is 8.57. The third kappa shape index (κ3) is 11.1. The van der Waals surface area contributed by atoms with E-state index in [2.05, 4.69) is 28.6 Å². The van der Waals surface area contributed by atoms with Crippen LogP contribution in [0.5, 0.6) is 0 Å². The Morgan fingerprint density at radius 1 is 1.11 bits per heavy atom. The number of thioether (sulfide) groups is 1. The van der Waals surface area contributed by atoms with Gasteiger partial charge in [-0.1, -0.05) is 13.8 Å². The first-order valence-corrected chi connectivity index (χ1v) is 10.6. The van der Waals surface area contributed by atoms with Crippen molar-refractivity contribution in [1.82, 2.24) is 16.0 Å². The third-order valence-corrected chi connectivity index (χ3v) is 4.58. The summed E-state index contributed by atoms with van der Waals surface area (Å²) in [5, 5.41) is 16.6. The molecule has 0 aliphatic heterocycles. The molecule has 3 amide bonds. The van der Waals surface area contributed by atoms with Crippen molar-refractivity contribution in [3.05, 3.63) is 0 Å². The molecule has 9 nitrogen and oxygen atoms in total. The van der Waals surface area contributed by atoms with Crippen LogP contribution in [0.15, 0.2) is 0 Å². The maximum Gasteiger partial charge on any atom is 0.326 e. The van der Waals surface area contributed by atoms with Gasteiger partial charge in [-0.15, -0.1) is 0 Å². The van der Waals surface area contributed by atoms with E-state index in [9.17, 15) is 24.3 Å².